The van der Waals surface area contributed by atoms with Gasteiger partial charge < -0.3 is 14.5 Å². The van der Waals surface area contributed by atoms with Gasteiger partial charge in [0.2, 0.25) is 0 Å². The van der Waals surface area contributed by atoms with E-state index in [2.05, 4.69) is 0 Å². The Morgan fingerprint density at radius 3 is 2.18 bits per heavy atom. The van der Waals surface area contributed by atoms with Crippen LogP contribution in [0.3, 0.4) is 0 Å². The fourth-order valence-electron chi connectivity index (χ4n) is 3.78. The molecule has 1 N–H and O–H groups in total. The number of nitrogens with zero attached hydrogens (tertiary/aromatic N) is 3. The Bertz CT molecular complexity index is 900. The van der Waals surface area contributed by atoms with Crippen molar-refractivity contribution >= 4 is 11.8 Å². The van der Waals surface area contributed by atoms with E-state index in [1.807, 2.05) is 0 Å². The molecule has 0 aliphatic carbocycles. The van der Waals surface area contributed by atoms with E-state index in [1.54, 1.807) is 31.1 Å². The van der Waals surface area contributed by atoms with E-state index in [-0.39, 0.29) is 26.2 Å². The Hall–Kier alpha value is -2.35. The van der Waals surface area contributed by atoms with E-state index in [4.69, 9.17) is 4.74 Å². The first-order chi connectivity index (χ1) is 15.5. The number of hydrogen-bond acceptors (Lipinski definition) is 5. The molecule has 0 radical (unpaired) electrons. The van der Waals surface area contributed by atoms with Crippen LogP contribution in [0.25, 0.3) is 0 Å². The average molecular weight is 504 g/mol. The van der Waals surface area contributed by atoms with Crippen LogP contribution >= 0.6 is 0 Å². The Morgan fingerprint density at radius 2 is 1.65 bits per heavy atom. The number of hydrazine groups is 1. The molecule has 2 aliphatic heterocycles. The van der Waals surface area contributed by atoms with E-state index in [0.29, 0.717) is 5.69 Å². The van der Waals surface area contributed by atoms with Gasteiger partial charge >= 0.3 is 18.2 Å². The van der Waals surface area contributed by atoms with Crippen molar-refractivity contribution in [3.8, 4) is 0 Å². The number of alkyl halides is 6. The van der Waals surface area contributed by atoms with Crippen LogP contribution in [-0.4, -0.2) is 72.3 Å². The van der Waals surface area contributed by atoms with Crippen LogP contribution in [0.2, 0.25) is 0 Å². The molecule has 6 nitrogen and oxygen atoms in total. The molecule has 2 aliphatic rings. The monoisotopic (exact) mass is 504 g/mol. The summed E-state index contributed by atoms with van der Waals surface area (Å²) in [5.41, 5.74) is 0.543. The summed E-state index contributed by atoms with van der Waals surface area (Å²) in [6, 6.07) is -2.40. The van der Waals surface area contributed by atoms with E-state index in [9.17, 15) is 40.0 Å². The van der Waals surface area contributed by atoms with Crippen molar-refractivity contribution in [3.63, 3.8) is 0 Å². The number of halogens is 8. The van der Waals surface area contributed by atoms with Gasteiger partial charge in [-0.2, -0.15) is 22.0 Å². The summed E-state index contributed by atoms with van der Waals surface area (Å²) in [6.07, 6.45) is -9.85. The first kappa shape index (κ1) is 26.3. The third-order valence-corrected chi connectivity index (χ3v) is 5.49. The second-order valence-corrected chi connectivity index (χ2v) is 9.09. The predicted octanol–water partition coefficient (Wildman–Crippen LogP) is 4.53. The van der Waals surface area contributed by atoms with Crippen LogP contribution in [0.1, 0.15) is 32.4 Å². The topological polar surface area (TPSA) is 48.1 Å². The highest BCUT2D eigenvalue weighted by Crippen LogP contribution is 2.47. The van der Waals surface area contributed by atoms with Crippen LogP contribution in [-0.2, 0) is 4.74 Å². The standard InChI is InChI=1S/C20H24F8N4O2/c1-18(2,3)34-17(33)31-8-6-30(7-9-31)11-4-5-13(21)12(10-11)15-14(22)16(32(28)29-15)19(23,24)20(25,26)27/h4-5,10,14-16,29H,6-9H2,1-3H3. The van der Waals surface area contributed by atoms with Crippen molar-refractivity contribution < 1.29 is 44.7 Å². The SMILES string of the molecule is CC(C)(C)OC(=O)N1CCN(c2ccc(F)c(C3NN(F)C(C(F)(F)C(F)(F)F)C3F)c2)CC1. The highest BCUT2D eigenvalue weighted by Gasteiger charge is 2.70. The van der Waals surface area contributed by atoms with Crippen molar-refractivity contribution in [3.05, 3.63) is 29.6 Å². The zero-order valence-electron chi connectivity index (χ0n) is 18.5. The molecule has 2 heterocycles. The maximum absolute atomic E-state index is 14.7. The van der Waals surface area contributed by atoms with Crippen molar-refractivity contribution in [2.45, 2.75) is 56.7 Å². The minimum absolute atomic E-state index is 0.229. The molecule has 14 heteroatoms. The maximum Gasteiger partial charge on any atom is 0.455 e. The number of piperazine rings is 1. The number of anilines is 1. The molecular weight excluding hydrogens is 480 g/mol. The van der Waals surface area contributed by atoms with Gasteiger partial charge in [-0.3, -0.25) is 0 Å². The summed E-state index contributed by atoms with van der Waals surface area (Å²) in [6.45, 7) is 6.11. The van der Waals surface area contributed by atoms with Gasteiger partial charge in [0, 0.05) is 37.4 Å². The molecule has 34 heavy (non-hydrogen) atoms. The van der Waals surface area contributed by atoms with Crippen LogP contribution in [0.15, 0.2) is 18.2 Å². The minimum Gasteiger partial charge on any atom is -0.444 e. The lowest BCUT2D eigenvalue weighted by Gasteiger charge is -2.37. The lowest BCUT2D eigenvalue weighted by molar-refractivity contribution is -0.318. The number of rotatable bonds is 3. The van der Waals surface area contributed by atoms with E-state index in [1.165, 1.54) is 11.0 Å². The second kappa shape index (κ2) is 9.02. The molecule has 0 bridgehead atoms. The van der Waals surface area contributed by atoms with Crippen molar-refractivity contribution in [1.29, 1.82) is 0 Å². The number of amides is 1. The number of ether oxygens (including phenoxy) is 1. The molecule has 1 aromatic carbocycles. The smallest absolute Gasteiger partial charge is 0.444 e. The quantitative estimate of drug-likeness (QED) is 0.484. The minimum atomic E-state index is -6.21. The summed E-state index contributed by atoms with van der Waals surface area (Å²) >= 11 is 0. The van der Waals surface area contributed by atoms with Gasteiger partial charge in [-0.25, -0.2) is 19.0 Å². The van der Waals surface area contributed by atoms with Gasteiger partial charge in [0.1, 0.15) is 17.6 Å². The molecule has 3 atom stereocenters. The third-order valence-electron chi connectivity index (χ3n) is 5.49. The van der Waals surface area contributed by atoms with E-state index < -0.39 is 58.7 Å². The Balaban J connectivity index is 1.76. The molecule has 3 rings (SSSR count). The maximum atomic E-state index is 14.7. The molecule has 0 spiro atoms. The zero-order chi connectivity index (χ0) is 25.6. The molecular formula is C20H24F8N4O2. The molecule has 2 saturated heterocycles. The molecule has 2 fully saturated rings. The molecule has 1 amide bonds. The van der Waals surface area contributed by atoms with Gasteiger partial charge in [-0.05, 0) is 39.0 Å². The van der Waals surface area contributed by atoms with Crippen LogP contribution in [0.5, 0.6) is 0 Å². The number of nitrogens with one attached hydrogen (secondary N) is 1. The molecule has 0 saturated carbocycles. The normalized spacial score (nSPS) is 25.1. The van der Waals surface area contributed by atoms with Crippen molar-refractivity contribution in [2.24, 2.45) is 0 Å². The summed E-state index contributed by atoms with van der Waals surface area (Å²) in [5.74, 6) is -6.84. The second-order valence-electron chi connectivity index (χ2n) is 9.09. The van der Waals surface area contributed by atoms with Crippen LogP contribution < -0.4 is 10.3 Å². The van der Waals surface area contributed by atoms with Gasteiger partial charge in [0.15, 0.2) is 6.04 Å². The predicted molar refractivity (Wildman–Crippen MR) is 105 cm³/mol. The van der Waals surface area contributed by atoms with Crippen LogP contribution in [0, 0.1) is 5.82 Å². The van der Waals surface area contributed by atoms with Crippen LogP contribution in [0.4, 0.5) is 45.7 Å². The number of benzene rings is 1. The lowest BCUT2D eigenvalue weighted by Crippen LogP contribution is -2.55. The molecule has 3 unspecified atom stereocenters. The van der Waals surface area contributed by atoms with Gasteiger partial charge in [0.25, 0.3) is 0 Å². The number of carbonyl (C=O) groups is 1. The average Bonchev–Trinajstić information content (AvgIpc) is 3.00. The fourth-order valence-corrected chi connectivity index (χ4v) is 3.78. The van der Waals surface area contributed by atoms with Crippen molar-refractivity contribution in [1.82, 2.24) is 15.6 Å². The highest BCUT2D eigenvalue weighted by molar-refractivity contribution is 5.68. The molecule has 192 valence electrons. The van der Waals surface area contributed by atoms with Gasteiger partial charge in [-0.15, -0.1) is 4.48 Å². The largest absolute Gasteiger partial charge is 0.455 e. The zero-order valence-corrected chi connectivity index (χ0v) is 18.5. The first-order valence-electron chi connectivity index (χ1n) is 10.3. The number of hydrogen-bond donors (Lipinski definition) is 1. The highest BCUT2D eigenvalue weighted by atomic mass is 19.4. The summed E-state index contributed by atoms with van der Waals surface area (Å²) in [7, 11) is 0. The molecule has 1 aromatic rings. The van der Waals surface area contributed by atoms with Gasteiger partial charge in [-0.1, -0.05) is 5.23 Å². The summed E-state index contributed by atoms with van der Waals surface area (Å²) in [4.78, 5) is 15.3. The lowest BCUT2D eigenvalue weighted by atomic mass is 9.95. The summed E-state index contributed by atoms with van der Waals surface area (Å²) in [5, 5.41) is -1.16. The Kier molecular flexibility index (Phi) is 6.97. The Morgan fingerprint density at radius 1 is 1.06 bits per heavy atom. The first-order valence-corrected chi connectivity index (χ1v) is 10.3. The fraction of sp³-hybridized carbons (Fsp3) is 0.650. The van der Waals surface area contributed by atoms with E-state index >= 15 is 0 Å². The Labute approximate surface area is 190 Å². The third kappa shape index (κ3) is 5.16. The van der Waals surface area contributed by atoms with Gasteiger partial charge in [0.05, 0.1) is 6.04 Å². The van der Waals surface area contributed by atoms with Crippen molar-refractivity contribution in [2.75, 3.05) is 31.1 Å². The number of carbonyl (C=O) groups excluding carboxylic acids is 1. The van der Waals surface area contributed by atoms with E-state index in [0.717, 1.165) is 12.1 Å². The summed E-state index contributed by atoms with van der Waals surface area (Å²) < 4.78 is 114. The molecule has 0 aromatic heterocycles.